The Labute approximate surface area is 336 Å². The number of nitrogens with one attached hydrogen (secondary N) is 2. The van der Waals surface area contributed by atoms with Gasteiger partial charge in [-0.3, -0.25) is 14.4 Å². The van der Waals surface area contributed by atoms with E-state index < -0.39 is 92.1 Å². The highest BCUT2D eigenvalue weighted by Crippen LogP contribution is 2.31. The number of aliphatic hydroxyl groups is 5. The molecule has 0 aromatic heterocycles. The first-order valence-corrected chi connectivity index (χ1v) is 19.6. The van der Waals surface area contributed by atoms with Crippen molar-refractivity contribution in [3.63, 3.8) is 0 Å². The maximum absolute atomic E-state index is 13.0. The number of carbonyl (C=O) groups excluding carboxylic acids is 4. The molecule has 3 fully saturated rings. The number of amides is 2. The predicted molar refractivity (Wildman–Crippen MR) is 202 cm³/mol. The van der Waals surface area contributed by atoms with Gasteiger partial charge in [0, 0.05) is 38.9 Å². The highest BCUT2D eigenvalue weighted by Gasteiger charge is 2.51. The van der Waals surface area contributed by atoms with Crippen molar-refractivity contribution >= 4 is 23.8 Å². The van der Waals surface area contributed by atoms with E-state index in [0.717, 1.165) is 5.56 Å². The van der Waals surface area contributed by atoms with E-state index in [4.69, 9.17) is 28.4 Å². The first-order valence-electron chi connectivity index (χ1n) is 19.6. The van der Waals surface area contributed by atoms with Crippen LogP contribution in [0.15, 0.2) is 54.6 Å². The Morgan fingerprint density at radius 2 is 1.60 bits per heavy atom. The summed E-state index contributed by atoms with van der Waals surface area (Å²) >= 11 is 0. The van der Waals surface area contributed by atoms with Crippen LogP contribution in [0.2, 0.25) is 0 Å². The van der Waals surface area contributed by atoms with Crippen molar-refractivity contribution in [1.29, 1.82) is 0 Å². The summed E-state index contributed by atoms with van der Waals surface area (Å²) in [5.74, 6) is -1.21. The van der Waals surface area contributed by atoms with E-state index in [9.17, 15) is 44.7 Å². The minimum atomic E-state index is -1.83. The third-order valence-electron chi connectivity index (χ3n) is 10.3. The first-order chi connectivity index (χ1) is 27.7. The summed E-state index contributed by atoms with van der Waals surface area (Å²) in [4.78, 5) is 51.7. The van der Waals surface area contributed by atoms with Crippen LogP contribution >= 0.6 is 0 Å². The van der Waals surface area contributed by atoms with E-state index in [-0.39, 0.29) is 36.1 Å². The van der Waals surface area contributed by atoms with E-state index >= 15 is 0 Å². The fourth-order valence-corrected chi connectivity index (χ4v) is 6.98. The Morgan fingerprint density at radius 1 is 0.879 bits per heavy atom. The first kappa shape index (κ1) is 44.9. The number of hydrogen-bond acceptors (Lipinski definition) is 16. The molecule has 0 unspecified atom stereocenters. The van der Waals surface area contributed by atoms with Crippen molar-refractivity contribution in [2.75, 3.05) is 32.8 Å². The molecule has 320 valence electrons. The second-order valence-corrected chi connectivity index (χ2v) is 14.6. The van der Waals surface area contributed by atoms with Gasteiger partial charge in [0.1, 0.15) is 55.1 Å². The normalized spacial score (nSPS) is 32.7. The molecule has 18 heteroatoms. The standard InChI is InChI=1S/C40H55N3O15/c1-4-31(46)43-18-8-16-42-30(45)19-28(41-17-15-27(20-43)55-23(3)44)24-11-13-26(14-12-24)56-40-37(35(50)32(47)22(2)54-40)58-39-36(51)34(49)33(48)29(57-39)21-53-38(52)25-9-6-5-7-10-25/h5-7,9-14,22,27-29,32-37,39-41,47-51H,4,8,15-21H2,1-3H3,(H,42,45)/t22-,27-,28-,29+,32-,33-,34-,35+,36+,37+,39-,40-/m0/s1. The van der Waals surface area contributed by atoms with Crippen LogP contribution in [0, 0.1) is 0 Å². The van der Waals surface area contributed by atoms with Crippen LogP contribution < -0.4 is 15.4 Å². The van der Waals surface area contributed by atoms with E-state index in [1.54, 1.807) is 54.3 Å². The lowest BCUT2D eigenvalue weighted by Crippen LogP contribution is -2.64. The van der Waals surface area contributed by atoms with Crippen LogP contribution in [0.1, 0.15) is 68.4 Å². The number of carbonyl (C=O) groups is 4. The molecule has 18 nitrogen and oxygen atoms in total. The minimum Gasteiger partial charge on any atom is -0.462 e. The number of hydrogen-bond donors (Lipinski definition) is 7. The van der Waals surface area contributed by atoms with E-state index in [1.165, 1.54) is 26.0 Å². The highest BCUT2D eigenvalue weighted by molar-refractivity contribution is 5.89. The summed E-state index contributed by atoms with van der Waals surface area (Å²) in [5.41, 5.74) is 0.960. The van der Waals surface area contributed by atoms with Crippen LogP contribution in [-0.4, -0.2) is 154 Å². The topological polar surface area (TPSA) is 252 Å². The second kappa shape index (κ2) is 21.1. The third-order valence-corrected chi connectivity index (χ3v) is 10.3. The van der Waals surface area contributed by atoms with Gasteiger partial charge in [0.25, 0.3) is 0 Å². The Balaban J connectivity index is 1.27. The van der Waals surface area contributed by atoms with Crippen LogP contribution in [0.4, 0.5) is 0 Å². The van der Waals surface area contributed by atoms with Gasteiger partial charge in [-0.1, -0.05) is 37.3 Å². The van der Waals surface area contributed by atoms with Gasteiger partial charge in [0.05, 0.1) is 18.2 Å². The monoisotopic (exact) mass is 817 g/mol. The molecule has 2 aromatic rings. The zero-order valence-corrected chi connectivity index (χ0v) is 32.8. The lowest BCUT2D eigenvalue weighted by atomic mass is 9.97. The van der Waals surface area contributed by atoms with Gasteiger partial charge in [0.15, 0.2) is 12.4 Å². The average molecular weight is 818 g/mol. The molecule has 0 bridgehead atoms. The predicted octanol–water partition coefficient (Wildman–Crippen LogP) is -0.317. The summed E-state index contributed by atoms with van der Waals surface area (Å²) < 4.78 is 34.4. The molecule has 3 heterocycles. The maximum Gasteiger partial charge on any atom is 0.338 e. The SMILES string of the molecule is CCC(=O)N1CCCNC(=O)C[C@@H](c2ccc(O[C@@H]3O[C@@H](C)[C@H](O)[C@@H](O)[C@H]3O[C@@H]3O[C@H](COC(=O)c4ccccc4)[C@H](O)[C@H](O)[C@H]3O)cc2)NCC[C@H](OC(C)=O)C1. The molecule has 0 radical (unpaired) electrons. The third kappa shape index (κ3) is 11.9. The fraction of sp³-hybridized carbons (Fsp3) is 0.600. The Bertz CT molecular complexity index is 1650. The molecule has 58 heavy (non-hydrogen) atoms. The summed E-state index contributed by atoms with van der Waals surface area (Å²) in [7, 11) is 0. The Kier molecular flexibility index (Phi) is 16.4. The van der Waals surface area contributed by atoms with Crippen molar-refractivity contribution in [3.05, 3.63) is 65.7 Å². The number of benzene rings is 2. The molecule has 0 aliphatic carbocycles. The highest BCUT2D eigenvalue weighted by atomic mass is 16.8. The van der Waals surface area contributed by atoms with Crippen LogP contribution in [0.3, 0.4) is 0 Å². The molecule has 3 aliphatic rings. The van der Waals surface area contributed by atoms with E-state index in [2.05, 4.69) is 10.6 Å². The van der Waals surface area contributed by atoms with Gasteiger partial charge in [-0.15, -0.1) is 0 Å². The summed E-state index contributed by atoms with van der Waals surface area (Å²) in [6, 6.07) is 14.3. The molecule has 5 rings (SSSR count). The van der Waals surface area contributed by atoms with Gasteiger partial charge in [-0.25, -0.2) is 4.79 Å². The van der Waals surface area contributed by atoms with Crippen molar-refractivity contribution < 1.29 is 73.1 Å². The lowest BCUT2D eigenvalue weighted by Gasteiger charge is -2.45. The summed E-state index contributed by atoms with van der Waals surface area (Å²) in [5, 5.41) is 60.2. The van der Waals surface area contributed by atoms with E-state index in [0.29, 0.717) is 38.9 Å². The number of ether oxygens (including phenoxy) is 6. The summed E-state index contributed by atoms with van der Waals surface area (Å²) in [6.07, 6.45) is -14.5. The quantitative estimate of drug-likeness (QED) is 0.152. The Morgan fingerprint density at radius 3 is 2.29 bits per heavy atom. The number of nitrogens with zero attached hydrogens (tertiary/aromatic N) is 1. The molecular weight excluding hydrogens is 762 g/mol. The van der Waals surface area contributed by atoms with Crippen LogP contribution in [-0.2, 0) is 38.1 Å². The molecule has 2 amide bonds. The minimum absolute atomic E-state index is 0.0747. The molecule has 0 spiro atoms. The van der Waals surface area contributed by atoms with Crippen molar-refractivity contribution in [3.8, 4) is 5.75 Å². The summed E-state index contributed by atoms with van der Waals surface area (Å²) in [6.45, 7) is 5.41. The molecule has 3 aliphatic heterocycles. The van der Waals surface area contributed by atoms with Gasteiger partial charge in [0.2, 0.25) is 18.1 Å². The van der Waals surface area contributed by atoms with Crippen molar-refractivity contribution in [2.45, 2.75) is 120 Å². The smallest absolute Gasteiger partial charge is 0.338 e. The van der Waals surface area contributed by atoms with Crippen molar-refractivity contribution in [2.24, 2.45) is 0 Å². The van der Waals surface area contributed by atoms with Gasteiger partial charge >= 0.3 is 11.9 Å². The molecule has 12 atom stereocenters. The zero-order chi connectivity index (χ0) is 41.9. The van der Waals surface area contributed by atoms with Crippen molar-refractivity contribution in [1.82, 2.24) is 15.5 Å². The number of esters is 2. The molecule has 0 saturated carbocycles. The van der Waals surface area contributed by atoms with Gasteiger partial charge in [-0.2, -0.15) is 0 Å². The lowest BCUT2D eigenvalue weighted by molar-refractivity contribution is -0.355. The fourth-order valence-electron chi connectivity index (χ4n) is 6.98. The number of aliphatic hydroxyl groups excluding tert-OH is 5. The Hall–Kier alpha value is -4.24. The average Bonchev–Trinajstić information content (AvgIpc) is 3.22. The molecule has 2 aromatic carbocycles. The molecule has 3 saturated heterocycles. The van der Waals surface area contributed by atoms with Crippen LogP contribution in [0.25, 0.3) is 0 Å². The van der Waals surface area contributed by atoms with E-state index in [1.807, 2.05) is 0 Å². The maximum atomic E-state index is 13.0. The zero-order valence-electron chi connectivity index (χ0n) is 32.8. The largest absolute Gasteiger partial charge is 0.462 e. The molecule has 7 N–H and O–H groups in total. The van der Waals surface area contributed by atoms with Gasteiger partial charge < -0.3 is 69.5 Å². The molecular formula is C40H55N3O15. The van der Waals surface area contributed by atoms with Gasteiger partial charge in [-0.05, 0) is 56.1 Å². The number of rotatable bonds is 10. The van der Waals surface area contributed by atoms with Crippen LogP contribution in [0.5, 0.6) is 5.75 Å². The second-order valence-electron chi connectivity index (χ2n) is 14.6.